The van der Waals surface area contributed by atoms with Gasteiger partial charge >= 0.3 is 0 Å². The van der Waals surface area contributed by atoms with Gasteiger partial charge in [0.15, 0.2) is 0 Å². The Morgan fingerprint density at radius 1 is 0.850 bits per heavy atom. The minimum atomic E-state index is -0.0368. The number of nitrogens with one attached hydrogen (secondary N) is 2. The summed E-state index contributed by atoms with van der Waals surface area (Å²) in [6.07, 6.45) is 15.2. The summed E-state index contributed by atoms with van der Waals surface area (Å²) in [5, 5.41) is 0. The summed E-state index contributed by atoms with van der Waals surface area (Å²) in [7, 11) is 0. The zero-order valence-electron chi connectivity index (χ0n) is 13.1. The third-order valence-electron chi connectivity index (χ3n) is 4.41. The molecule has 1 saturated heterocycles. The summed E-state index contributed by atoms with van der Waals surface area (Å²) < 4.78 is 0. The second kappa shape index (κ2) is 12.2. The Bertz CT molecular complexity index is 240. The zero-order valence-corrected chi connectivity index (χ0v) is 13.1. The summed E-state index contributed by atoms with van der Waals surface area (Å²) in [4.78, 5) is 12.8. The third-order valence-corrected chi connectivity index (χ3v) is 4.41. The maximum Gasteiger partial charge on any atom is 0.233 e. The molecular weight excluding hydrogens is 250 g/mol. The van der Waals surface area contributed by atoms with Crippen LogP contribution in [-0.2, 0) is 4.79 Å². The van der Waals surface area contributed by atoms with Gasteiger partial charge in [0, 0.05) is 6.42 Å². The molecule has 4 N–H and O–H groups in total. The zero-order chi connectivity index (χ0) is 14.5. The molecule has 0 atom stereocenters. The fourth-order valence-corrected chi connectivity index (χ4v) is 3.10. The van der Waals surface area contributed by atoms with E-state index in [4.69, 9.17) is 5.84 Å². The average molecular weight is 284 g/mol. The van der Waals surface area contributed by atoms with Crippen molar-refractivity contribution in [2.24, 2.45) is 5.84 Å². The smallest absolute Gasteiger partial charge is 0.233 e. The fourth-order valence-electron chi connectivity index (χ4n) is 3.10. The minimum absolute atomic E-state index is 0.0368. The van der Waals surface area contributed by atoms with Crippen LogP contribution in [0.4, 0.5) is 0 Å². The number of hydrogen-bond acceptors (Lipinski definition) is 2. The molecule has 1 heterocycles. The van der Waals surface area contributed by atoms with Gasteiger partial charge in [0.05, 0.1) is 19.6 Å². The molecule has 0 unspecified atom stereocenters. The van der Waals surface area contributed by atoms with Gasteiger partial charge in [-0.25, -0.2) is 5.84 Å². The van der Waals surface area contributed by atoms with Crippen molar-refractivity contribution in [3.63, 3.8) is 0 Å². The first-order valence-electron chi connectivity index (χ1n) is 8.66. The van der Waals surface area contributed by atoms with Crippen LogP contribution in [0.2, 0.25) is 0 Å². The quantitative estimate of drug-likeness (QED) is 0.233. The van der Waals surface area contributed by atoms with Crippen molar-refractivity contribution in [3.05, 3.63) is 0 Å². The maximum atomic E-state index is 10.9. The standard InChI is InChI=1S/C16H33N3O/c17-18-16(20)12-8-5-3-1-2-4-6-9-13-19-14-10-7-11-15-19/h1-15,17H2,(H,18,20)/p+1. The second-order valence-electron chi connectivity index (χ2n) is 6.21. The molecule has 1 aliphatic rings. The Morgan fingerprint density at radius 2 is 1.40 bits per heavy atom. The van der Waals surface area contributed by atoms with Gasteiger partial charge < -0.3 is 4.90 Å². The monoisotopic (exact) mass is 284 g/mol. The molecule has 0 spiro atoms. The van der Waals surface area contributed by atoms with Crippen molar-refractivity contribution in [2.75, 3.05) is 19.6 Å². The molecule has 4 heteroatoms. The van der Waals surface area contributed by atoms with E-state index in [9.17, 15) is 4.79 Å². The number of carbonyl (C=O) groups excluding carboxylic acids is 1. The molecule has 1 aliphatic heterocycles. The summed E-state index contributed by atoms with van der Waals surface area (Å²) in [5.41, 5.74) is 2.18. The van der Waals surface area contributed by atoms with Crippen molar-refractivity contribution in [3.8, 4) is 0 Å². The first kappa shape index (κ1) is 17.4. The SMILES string of the molecule is NNC(=O)CCCCCCCCCC[NH+]1CCCCC1. The van der Waals surface area contributed by atoms with Crippen molar-refractivity contribution in [1.29, 1.82) is 0 Å². The predicted molar refractivity (Wildman–Crippen MR) is 83.3 cm³/mol. The number of amides is 1. The molecule has 0 aromatic heterocycles. The number of unbranched alkanes of at least 4 members (excludes halogenated alkanes) is 7. The maximum absolute atomic E-state index is 10.9. The Labute approximate surface area is 124 Å². The van der Waals surface area contributed by atoms with E-state index in [1.165, 1.54) is 77.4 Å². The van der Waals surface area contributed by atoms with Crippen LogP contribution in [0.3, 0.4) is 0 Å². The molecular formula is C16H34N3O+. The first-order chi connectivity index (χ1) is 9.83. The van der Waals surface area contributed by atoms with Crippen LogP contribution in [0.1, 0.15) is 77.0 Å². The van der Waals surface area contributed by atoms with E-state index in [2.05, 4.69) is 5.43 Å². The normalized spacial score (nSPS) is 16.2. The molecule has 0 radical (unpaired) electrons. The summed E-state index contributed by atoms with van der Waals surface area (Å²) >= 11 is 0. The van der Waals surface area contributed by atoms with Gasteiger partial charge in [-0.05, 0) is 38.5 Å². The molecule has 0 aromatic rings. The van der Waals surface area contributed by atoms with E-state index in [1.807, 2.05) is 4.90 Å². The molecule has 1 fully saturated rings. The Balaban J connectivity index is 1.75. The van der Waals surface area contributed by atoms with E-state index in [-0.39, 0.29) is 5.91 Å². The van der Waals surface area contributed by atoms with Gasteiger partial charge in [-0.2, -0.15) is 0 Å². The Morgan fingerprint density at radius 3 is 2.00 bits per heavy atom. The molecule has 4 nitrogen and oxygen atoms in total. The van der Waals surface area contributed by atoms with Crippen molar-refractivity contribution >= 4 is 5.91 Å². The predicted octanol–water partition coefficient (Wildman–Crippen LogP) is 1.56. The van der Waals surface area contributed by atoms with Crippen LogP contribution < -0.4 is 16.2 Å². The van der Waals surface area contributed by atoms with Crippen LogP contribution in [0, 0.1) is 0 Å². The molecule has 1 rings (SSSR count). The van der Waals surface area contributed by atoms with Gasteiger partial charge in [0.2, 0.25) is 5.91 Å². The highest BCUT2D eigenvalue weighted by Crippen LogP contribution is 2.09. The lowest BCUT2D eigenvalue weighted by Crippen LogP contribution is -3.12. The van der Waals surface area contributed by atoms with E-state index >= 15 is 0 Å². The molecule has 0 bridgehead atoms. The number of piperidine rings is 1. The van der Waals surface area contributed by atoms with Crippen LogP contribution in [0.25, 0.3) is 0 Å². The number of quaternary nitrogens is 1. The molecule has 0 saturated carbocycles. The van der Waals surface area contributed by atoms with Crippen molar-refractivity contribution in [1.82, 2.24) is 5.43 Å². The van der Waals surface area contributed by atoms with Gasteiger partial charge in [-0.1, -0.05) is 32.1 Å². The van der Waals surface area contributed by atoms with Crippen molar-refractivity contribution < 1.29 is 9.69 Å². The van der Waals surface area contributed by atoms with E-state index in [1.54, 1.807) is 0 Å². The van der Waals surface area contributed by atoms with Crippen LogP contribution in [0.15, 0.2) is 0 Å². The lowest BCUT2D eigenvalue weighted by atomic mass is 10.1. The van der Waals surface area contributed by atoms with Crippen LogP contribution in [0.5, 0.6) is 0 Å². The number of carbonyl (C=O) groups is 1. The summed E-state index contributed by atoms with van der Waals surface area (Å²) in [6, 6.07) is 0. The fraction of sp³-hybridized carbons (Fsp3) is 0.938. The molecule has 1 amide bonds. The molecule has 20 heavy (non-hydrogen) atoms. The number of hydrazine groups is 1. The van der Waals surface area contributed by atoms with Crippen molar-refractivity contribution in [2.45, 2.75) is 77.0 Å². The third kappa shape index (κ3) is 9.32. The molecule has 0 aliphatic carbocycles. The number of rotatable bonds is 11. The van der Waals surface area contributed by atoms with Gasteiger partial charge in [0.1, 0.15) is 0 Å². The number of hydrogen-bond donors (Lipinski definition) is 3. The average Bonchev–Trinajstić information content (AvgIpc) is 2.50. The lowest BCUT2D eigenvalue weighted by Gasteiger charge is -2.23. The van der Waals surface area contributed by atoms with Gasteiger partial charge in [0.25, 0.3) is 0 Å². The summed E-state index contributed by atoms with van der Waals surface area (Å²) in [5.74, 6) is 5.00. The van der Waals surface area contributed by atoms with E-state index < -0.39 is 0 Å². The minimum Gasteiger partial charge on any atom is -0.335 e. The topological polar surface area (TPSA) is 59.6 Å². The molecule has 118 valence electrons. The van der Waals surface area contributed by atoms with E-state index in [0.29, 0.717) is 6.42 Å². The molecule has 0 aromatic carbocycles. The number of likely N-dealkylation sites (tertiary alicyclic amines) is 1. The first-order valence-corrected chi connectivity index (χ1v) is 8.66. The van der Waals surface area contributed by atoms with E-state index in [0.717, 1.165) is 12.8 Å². The van der Waals surface area contributed by atoms with Gasteiger partial charge in [-0.3, -0.25) is 10.2 Å². The highest BCUT2D eigenvalue weighted by molar-refractivity contribution is 5.74. The second-order valence-corrected chi connectivity index (χ2v) is 6.21. The Hall–Kier alpha value is -0.610. The van der Waals surface area contributed by atoms with Crippen LogP contribution >= 0.6 is 0 Å². The Kier molecular flexibility index (Phi) is 10.6. The summed E-state index contributed by atoms with van der Waals surface area (Å²) in [6.45, 7) is 4.22. The number of nitrogens with two attached hydrogens (primary N) is 1. The largest absolute Gasteiger partial charge is 0.335 e. The highest BCUT2D eigenvalue weighted by Gasteiger charge is 2.11. The van der Waals surface area contributed by atoms with Crippen LogP contribution in [-0.4, -0.2) is 25.5 Å². The lowest BCUT2D eigenvalue weighted by molar-refractivity contribution is -0.905. The highest BCUT2D eigenvalue weighted by atomic mass is 16.2. The van der Waals surface area contributed by atoms with Gasteiger partial charge in [-0.15, -0.1) is 0 Å².